The number of morpholine rings is 1. The Hall–Kier alpha value is -1.55. The third kappa shape index (κ3) is 3.26. The molecule has 19 heavy (non-hydrogen) atoms. The number of amides is 1. The van der Waals surface area contributed by atoms with Crippen LogP contribution in [0, 0.1) is 0 Å². The van der Waals surface area contributed by atoms with Gasteiger partial charge in [-0.25, -0.2) is 0 Å². The lowest BCUT2D eigenvalue weighted by Crippen LogP contribution is -2.48. The maximum atomic E-state index is 12.6. The molecule has 2 rings (SSSR count). The molecule has 104 valence electrons. The second-order valence-corrected chi connectivity index (χ2v) is 4.90. The zero-order valence-corrected chi connectivity index (χ0v) is 11.8. The molecule has 0 spiro atoms. The fraction of sp³-hybridized carbons (Fsp3) is 0.533. The molecular weight excluding hydrogens is 242 g/mol. The second-order valence-electron chi connectivity index (χ2n) is 4.90. The Morgan fingerprint density at radius 1 is 1.32 bits per heavy atom. The monoisotopic (exact) mass is 263 g/mol. The molecule has 1 aromatic carbocycles. The van der Waals surface area contributed by atoms with E-state index >= 15 is 0 Å². The number of hydrogen-bond acceptors (Lipinski definition) is 3. The Bertz CT molecular complexity index is 437. The van der Waals surface area contributed by atoms with Crippen molar-refractivity contribution >= 4 is 5.91 Å². The van der Waals surface area contributed by atoms with Crippen LogP contribution in [0.25, 0.3) is 0 Å². The first-order chi connectivity index (χ1) is 9.11. The van der Waals surface area contributed by atoms with Crippen LogP contribution in [0.3, 0.4) is 0 Å². The van der Waals surface area contributed by atoms with E-state index in [9.17, 15) is 4.79 Å². The lowest BCUT2D eigenvalue weighted by Gasteiger charge is -2.35. The first kappa shape index (κ1) is 13.9. The number of carbonyl (C=O) groups is 1. The molecule has 1 saturated heterocycles. The molecule has 1 amide bonds. The van der Waals surface area contributed by atoms with Crippen molar-refractivity contribution in [3.05, 3.63) is 29.8 Å². The van der Waals surface area contributed by atoms with Gasteiger partial charge in [-0.15, -0.1) is 0 Å². The molecule has 0 bridgehead atoms. The zero-order chi connectivity index (χ0) is 13.8. The van der Waals surface area contributed by atoms with Crippen molar-refractivity contribution in [3.8, 4) is 5.75 Å². The van der Waals surface area contributed by atoms with Gasteiger partial charge in [0.05, 0.1) is 24.4 Å². The first-order valence-corrected chi connectivity index (χ1v) is 6.78. The Balaban J connectivity index is 2.19. The smallest absolute Gasteiger partial charge is 0.257 e. The number of nitrogens with zero attached hydrogens (tertiary/aromatic N) is 1. The van der Waals surface area contributed by atoms with Crippen LogP contribution >= 0.6 is 0 Å². The van der Waals surface area contributed by atoms with Crippen molar-refractivity contribution < 1.29 is 14.3 Å². The highest BCUT2D eigenvalue weighted by Crippen LogP contribution is 2.22. The number of ether oxygens (including phenoxy) is 2. The molecule has 0 aromatic heterocycles. The van der Waals surface area contributed by atoms with Gasteiger partial charge in [0, 0.05) is 13.1 Å². The molecule has 0 N–H and O–H groups in total. The quantitative estimate of drug-likeness (QED) is 0.840. The first-order valence-electron chi connectivity index (χ1n) is 6.78. The summed E-state index contributed by atoms with van der Waals surface area (Å²) in [7, 11) is 0. The van der Waals surface area contributed by atoms with Gasteiger partial charge in [-0.3, -0.25) is 4.79 Å². The summed E-state index contributed by atoms with van der Waals surface area (Å²) in [4.78, 5) is 14.4. The highest BCUT2D eigenvalue weighted by molar-refractivity contribution is 5.97. The van der Waals surface area contributed by atoms with Crippen LogP contribution in [-0.4, -0.2) is 42.7 Å². The van der Waals surface area contributed by atoms with Gasteiger partial charge in [-0.2, -0.15) is 0 Å². The molecule has 1 heterocycles. The highest BCUT2D eigenvalue weighted by atomic mass is 16.5. The molecular formula is C15H21NO3. The third-order valence-corrected chi connectivity index (χ3v) is 3.12. The SMILES string of the molecule is CCOc1ccccc1C(=O)N1C[C@H](C)O[C@@H](C)C1. The van der Waals surface area contributed by atoms with Crippen molar-refractivity contribution in [1.82, 2.24) is 4.90 Å². The van der Waals surface area contributed by atoms with Gasteiger partial charge in [-0.05, 0) is 32.9 Å². The number of benzene rings is 1. The van der Waals surface area contributed by atoms with E-state index in [1.54, 1.807) is 0 Å². The van der Waals surface area contributed by atoms with Crippen molar-refractivity contribution in [3.63, 3.8) is 0 Å². The van der Waals surface area contributed by atoms with Crippen molar-refractivity contribution in [2.75, 3.05) is 19.7 Å². The molecule has 4 nitrogen and oxygen atoms in total. The van der Waals surface area contributed by atoms with Gasteiger partial charge >= 0.3 is 0 Å². The van der Waals surface area contributed by atoms with E-state index in [2.05, 4.69) is 0 Å². The summed E-state index contributed by atoms with van der Waals surface area (Å²) in [5.41, 5.74) is 0.630. The molecule has 1 aromatic rings. The largest absolute Gasteiger partial charge is 0.493 e. The van der Waals surface area contributed by atoms with Gasteiger partial charge in [-0.1, -0.05) is 12.1 Å². The number of hydrogen-bond donors (Lipinski definition) is 0. The van der Waals surface area contributed by atoms with E-state index in [4.69, 9.17) is 9.47 Å². The molecule has 0 unspecified atom stereocenters. The maximum Gasteiger partial charge on any atom is 0.257 e. The van der Waals surface area contributed by atoms with Crippen LogP contribution in [0.4, 0.5) is 0 Å². The molecule has 1 aliphatic heterocycles. The van der Waals surface area contributed by atoms with Gasteiger partial charge in [0.25, 0.3) is 5.91 Å². The number of rotatable bonds is 3. The fourth-order valence-corrected chi connectivity index (χ4v) is 2.44. The molecule has 0 aliphatic carbocycles. The van der Waals surface area contributed by atoms with E-state index in [0.717, 1.165) is 0 Å². The topological polar surface area (TPSA) is 38.8 Å². The Morgan fingerprint density at radius 2 is 1.95 bits per heavy atom. The van der Waals surface area contributed by atoms with Crippen molar-refractivity contribution in [1.29, 1.82) is 0 Å². The van der Waals surface area contributed by atoms with E-state index in [0.29, 0.717) is 31.0 Å². The molecule has 1 aliphatic rings. The van der Waals surface area contributed by atoms with Crippen LogP contribution in [0.15, 0.2) is 24.3 Å². The minimum atomic E-state index is 0.0195. The lowest BCUT2D eigenvalue weighted by molar-refractivity contribution is -0.0586. The van der Waals surface area contributed by atoms with Crippen molar-refractivity contribution in [2.24, 2.45) is 0 Å². The predicted octanol–water partition coefficient (Wildman–Crippen LogP) is 2.33. The lowest BCUT2D eigenvalue weighted by atomic mass is 10.1. The number of para-hydroxylation sites is 1. The third-order valence-electron chi connectivity index (χ3n) is 3.12. The Morgan fingerprint density at radius 3 is 2.58 bits per heavy atom. The molecule has 1 fully saturated rings. The van der Waals surface area contributed by atoms with Crippen LogP contribution in [0.1, 0.15) is 31.1 Å². The second kappa shape index (κ2) is 6.06. The molecule has 4 heteroatoms. The summed E-state index contributed by atoms with van der Waals surface area (Å²) in [6, 6.07) is 7.40. The van der Waals surface area contributed by atoms with Gasteiger partial charge < -0.3 is 14.4 Å². The summed E-state index contributed by atoms with van der Waals surface area (Å²) in [5, 5.41) is 0. The summed E-state index contributed by atoms with van der Waals surface area (Å²) in [6.07, 6.45) is 0.152. The van der Waals surface area contributed by atoms with Crippen LogP contribution in [0.2, 0.25) is 0 Å². The van der Waals surface area contributed by atoms with E-state index in [1.165, 1.54) is 0 Å². The van der Waals surface area contributed by atoms with Crippen molar-refractivity contribution in [2.45, 2.75) is 33.0 Å². The van der Waals surface area contributed by atoms with Gasteiger partial charge in [0.15, 0.2) is 0 Å². The highest BCUT2D eigenvalue weighted by Gasteiger charge is 2.27. The minimum absolute atomic E-state index is 0.0195. The predicted molar refractivity (Wildman–Crippen MR) is 73.5 cm³/mol. The van der Waals surface area contributed by atoms with E-state index in [1.807, 2.05) is 49.9 Å². The minimum Gasteiger partial charge on any atom is -0.493 e. The molecule has 0 radical (unpaired) electrons. The van der Waals surface area contributed by atoms with Crippen LogP contribution in [0.5, 0.6) is 5.75 Å². The van der Waals surface area contributed by atoms with E-state index < -0.39 is 0 Å². The standard InChI is InChI=1S/C15H21NO3/c1-4-18-14-8-6-5-7-13(14)15(17)16-9-11(2)19-12(3)10-16/h5-8,11-12H,4,9-10H2,1-3H3/t11-,12-/m0/s1. The van der Waals surface area contributed by atoms with E-state index in [-0.39, 0.29) is 18.1 Å². The van der Waals surface area contributed by atoms with Crippen LogP contribution in [-0.2, 0) is 4.74 Å². The summed E-state index contributed by atoms with van der Waals surface area (Å²) >= 11 is 0. The normalized spacial score (nSPS) is 23.2. The summed E-state index contributed by atoms with van der Waals surface area (Å²) in [6.45, 7) is 7.71. The number of carbonyl (C=O) groups excluding carboxylic acids is 1. The average Bonchev–Trinajstić information content (AvgIpc) is 2.38. The van der Waals surface area contributed by atoms with Gasteiger partial charge in [0.1, 0.15) is 5.75 Å². The zero-order valence-electron chi connectivity index (χ0n) is 11.8. The Kier molecular flexibility index (Phi) is 4.43. The molecule has 2 atom stereocenters. The summed E-state index contributed by atoms with van der Waals surface area (Å²) in [5.74, 6) is 0.674. The maximum absolute atomic E-state index is 12.6. The van der Waals surface area contributed by atoms with Gasteiger partial charge in [0.2, 0.25) is 0 Å². The fourth-order valence-electron chi connectivity index (χ4n) is 2.44. The molecule has 0 saturated carbocycles. The average molecular weight is 263 g/mol. The summed E-state index contributed by atoms with van der Waals surface area (Å²) < 4.78 is 11.2. The van der Waals surface area contributed by atoms with Crippen LogP contribution < -0.4 is 4.74 Å². The Labute approximate surface area is 114 Å².